The van der Waals surface area contributed by atoms with Crippen molar-refractivity contribution in [3.63, 3.8) is 0 Å². The first-order valence-electron chi connectivity index (χ1n) is 6.45. The molecule has 0 bridgehead atoms. The van der Waals surface area contributed by atoms with Crippen molar-refractivity contribution in [1.29, 1.82) is 0 Å². The molecule has 18 heavy (non-hydrogen) atoms. The maximum absolute atomic E-state index is 12.4. The number of unbranched alkanes of at least 4 members (excludes halogenated alkanes) is 1. The molecule has 0 radical (unpaired) electrons. The van der Waals surface area contributed by atoms with Crippen molar-refractivity contribution < 1.29 is 9.21 Å². The molecule has 0 fully saturated rings. The van der Waals surface area contributed by atoms with Crippen molar-refractivity contribution in [1.82, 2.24) is 5.32 Å². The first-order chi connectivity index (χ1) is 8.76. The molecule has 3 nitrogen and oxygen atoms in total. The van der Waals surface area contributed by atoms with Gasteiger partial charge in [0.25, 0.3) is 0 Å². The molecule has 0 aliphatic rings. The molecular formula is C15H19NO2. The Labute approximate surface area is 107 Å². The van der Waals surface area contributed by atoms with E-state index in [0.29, 0.717) is 0 Å². The number of carbonyl (C=O) groups excluding carboxylic acids is 1. The van der Waals surface area contributed by atoms with Gasteiger partial charge in [0, 0.05) is 10.9 Å². The number of Topliss-reactive ketones (excluding diaryl/α,β-unsaturated/α-hetero) is 1. The maximum atomic E-state index is 12.4. The first-order valence-corrected chi connectivity index (χ1v) is 6.45. The Morgan fingerprint density at radius 3 is 2.94 bits per heavy atom. The molecule has 0 saturated heterocycles. The highest BCUT2D eigenvalue weighted by molar-refractivity contribution is 6.02. The van der Waals surface area contributed by atoms with Gasteiger partial charge >= 0.3 is 0 Å². The molecule has 1 heterocycles. The Morgan fingerprint density at radius 1 is 1.39 bits per heavy atom. The normalized spacial score (nSPS) is 12.8. The molecule has 2 aromatic rings. The van der Waals surface area contributed by atoms with Gasteiger partial charge in [-0.15, -0.1) is 0 Å². The van der Waals surface area contributed by atoms with Gasteiger partial charge in [0.2, 0.25) is 0 Å². The van der Waals surface area contributed by atoms with Crippen molar-refractivity contribution in [2.45, 2.75) is 32.2 Å². The zero-order valence-corrected chi connectivity index (χ0v) is 10.9. The average Bonchev–Trinajstić information content (AvgIpc) is 2.86. The van der Waals surface area contributed by atoms with Gasteiger partial charge in [-0.2, -0.15) is 0 Å². The van der Waals surface area contributed by atoms with Crippen LogP contribution in [-0.4, -0.2) is 18.9 Å². The molecule has 96 valence electrons. The van der Waals surface area contributed by atoms with Gasteiger partial charge in [-0.3, -0.25) is 4.79 Å². The van der Waals surface area contributed by atoms with Crippen molar-refractivity contribution in [3.8, 4) is 0 Å². The van der Waals surface area contributed by atoms with Crippen LogP contribution in [0.1, 0.15) is 36.5 Å². The number of hydrogen-bond acceptors (Lipinski definition) is 3. The Balaban J connectivity index is 2.20. The van der Waals surface area contributed by atoms with Crippen LogP contribution in [0.5, 0.6) is 0 Å². The minimum atomic E-state index is -0.0886. The molecule has 1 unspecified atom stereocenters. The van der Waals surface area contributed by atoms with Crippen LogP contribution in [-0.2, 0) is 0 Å². The molecule has 0 aliphatic carbocycles. The molecule has 0 amide bonds. The molecule has 1 N–H and O–H groups in total. The zero-order valence-electron chi connectivity index (χ0n) is 10.9. The molecule has 3 heteroatoms. The SMILES string of the molecule is CCCCC(NC)C(=O)c1ccc2occc2c1. The van der Waals surface area contributed by atoms with E-state index in [1.807, 2.05) is 31.3 Å². The van der Waals surface area contributed by atoms with E-state index in [-0.39, 0.29) is 11.8 Å². The smallest absolute Gasteiger partial charge is 0.179 e. The zero-order chi connectivity index (χ0) is 13.0. The van der Waals surface area contributed by atoms with Gasteiger partial charge in [0.05, 0.1) is 12.3 Å². The highest BCUT2D eigenvalue weighted by atomic mass is 16.3. The minimum absolute atomic E-state index is 0.0886. The quantitative estimate of drug-likeness (QED) is 0.793. The number of likely N-dealkylation sites (N-methyl/N-ethyl adjacent to an activating group) is 1. The summed E-state index contributed by atoms with van der Waals surface area (Å²) in [5.41, 5.74) is 1.57. The van der Waals surface area contributed by atoms with Crippen LogP contribution in [0.4, 0.5) is 0 Å². The van der Waals surface area contributed by atoms with E-state index in [4.69, 9.17) is 4.42 Å². The summed E-state index contributed by atoms with van der Waals surface area (Å²) in [6.07, 6.45) is 4.69. The molecule has 2 rings (SSSR count). The maximum Gasteiger partial charge on any atom is 0.179 e. The van der Waals surface area contributed by atoms with E-state index in [9.17, 15) is 4.79 Å². The lowest BCUT2D eigenvalue weighted by atomic mass is 9.99. The largest absolute Gasteiger partial charge is 0.464 e. The fourth-order valence-electron chi connectivity index (χ4n) is 2.14. The van der Waals surface area contributed by atoms with E-state index < -0.39 is 0 Å². The van der Waals surface area contributed by atoms with Gasteiger partial charge in [-0.1, -0.05) is 19.8 Å². The van der Waals surface area contributed by atoms with Gasteiger partial charge in [0.1, 0.15) is 5.58 Å². The van der Waals surface area contributed by atoms with E-state index in [1.165, 1.54) is 0 Å². The third-order valence-corrected chi connectivity index (χ3v) is 3.25. The Kier molecular flexibility index (Phi) is 4.15. The number of rotatable bonds is 6. The Bertz CT molecular complexity index is 530. The highest BCUT2D eigenvalue weighted by Gasteiger charge is 2.18. The summed E-state index contributed by atoms with van der Waals surface area (Å²) >= 11 is 0. The van der Waals surface area contributed by atoms with E-state index >= 15 is 0 Å². The molecule has 0 aliphatic heterocycles. The van der Waals surface area contributed by atoms with E-state index in [0.717, 1.165) is 35.8 Å². The second kappa shape index (κ2) is 5.83. The lowest BCUT2D eigenvalue weighted by molar-refractivity contribution is 0.0941. The minimum Gasteiger partial charge on any atom is -0.464 e. The summed E-state index contributed by atoms with van der Waals surface area (Å²) in [6, 6.07) is 7.39. The fourth-order valence-corrected chi connectivity index (χ4v) is 2.14. The second-order valence-electron chi connectivity index (χ2n) is 4.52. The lowest BCUT2D eigenvalue weighted by Gasteiger charge is -2.14. The molecular weight excluding hydrogens is 226 g/mol. The van der Waals surface area contributed by atoms with Crippen LogP contribution in [0.15, 0.2) is 34.9 Å². The number of hydrogen-bond donors (Lipinski definition) is 1. The third-order valence-electron chi connectivity index (χ3n) is 3.25. The number of benzene rings is 1. The first kappa shape index (κ1) is 12.8. The van der Waals surface area contributed by atoms with Gasteiger partial charge < -0.3 is 9.73 Å². The number of furan rings is 1. The van der Waals surface area contributed by atoms with Gasteiger partial charge in [0.15, 0.2) is 5.78 Å². The van der Waals surface area contributed by atoms with Crippen LogP contribution in [0.2, 0.25) is 0 Å². The van der Waals surface area contributed by atoms with Gasteiger partial charge in [-0.25, -0.2) is 0 Å². The van der Waals surface area contributed by atoms with Crippen molar-refractivity contribution in [3.05, 3.63) is 36.1 Å². The van der Waals surface area contributed by atoms with Crippen molar-refractivity contribution in [2.24, 2.45) is 0 Å². The monoisotopic (exact) mass is 245 g/mol. The summed E-state index contributed by atoms with van der Waals surface area (Å²) < 4.78 is 5.28. The summed E-state index contributed by atoms with van der Waals surface area (Å²) in [6.45, 7) is 2.13. The molecule has 0 saturated carbocycles. The fraction of sp³-hybridized carbons (Fsp3) is 0.400. The summed E-state index contributed by atoms with van der Waals surface area (Å²) in [4.78, 5) is 12.4. The van der Waals surface area contributed by atoms with Crippen LogP contribution in [0.25, 0.3) is 11.0 Å². The van der Waals surface area contributed by atoms with Crippen LogP contribution < -0.4 is 5.32 Å². The summed E-state index contributed by atoms with van der Waals surface area (Å²) in [5.74, 6) is 0.161. The third kappa shape index (κ3) is 2.62. The predicted octanol–water partition coefficient (Wildman–Crippen LogP) is 3.39. The number of fused-ring (bicyclic) bond motifs is 1. The standard InChI is InChI=1S/C15H19NO2/c1-3-4-5-13(16-2)15(17)12-6-7-14-11(10-12)8-9-18-14/h6-10,13,16H,3-5H2,1-2H3. The van der Waals surface area contributed by atoms with E-state index in [1.54, 1.807) is 6.26 Å². The van der Waals surface area contributed by atoms with Crippen LogP contribution >= 0.6 is 0 Å². The molecule has 0 spiro atoms. The van der Waals surface area contributed by atoms with Crippen LogP contribution in [0, 0.1) is 0 Å². The predicted molar refractivity (Wildman–Crippen MR) is 72.9 cm³/mol. The number of ketones is 1. The van der Waals surface area contributed by atoms with Gasteiger partial charge in [-0.05, 0) is 37.7 Å². The summed E-state index contributed by atoms with van der Waals surface area (Å²) in [5, 5.41) is 4.08. The molecule has 1 aromatic heterocycles. The topological polar surface area (TPSA) is 42.2 Å². The average molecular weight is 245 g/mol. The molecule has 1 atom stereocenters. The highest BCUT2D eigenvalue weighted by Crippen LogP contribution is 2.18. The lowest BCUT2D eigenvalue weighted by Crippen LogP contribution is -2.33. The van der Waals surface area contributed by atoms with Crippen LogP contribution in [0.3, 0.4) is 0 Å². The van der Waals surface area contributed by atoms with Crippen molar-refractivity contribution >= 4 is 16.8 Å². The Morgan fingerprint density at radius 2 is 2.22 bits per heavy atom. The van der Waals surface area contributed by atoms with Crippen molar-refractivity contribution in [2.75, 3.05) is 7.05 Å². The second-order valence-corrected chi connectivity index (χ2v) is 4.52. The molecule has 1 aromatic carbocycles. The number of carbonyl (C=O) groups is 1. The summed E-state index contributed by atoms with van der Waals surface area (Å²) in [7, 11) is 1.84. The van der Waals surface area contributed by atoms with E-state index in [2.05, 4.69) is 12.2 Å². The number of nitrogens with one attached hydrogen (secondary N) is 1. The Hall–Kier alpha value is -1.61.